The SMILES string of the molecule is Cc1ccc(C)c(-c2c3cc4c(cc3c(-c3cc(C)ccc3C)c3c5ccc6c7ccc8c9c(ccc(c%10ccc(c23)c5c%106)c97)-c2ccccc2-8)c2cccc3cccc4c32)c1. The van der Waals surface area contributed by atoms with Crippen LogP contribution in [0.5, 0.6) is 0 Å². The maximum atomic E-state index is 2.57. The maximum absolute atomic E-state index is 2.57. The molecule has 14 aromatic rings. The van der Waals surface area contributed by atoms with Crippen molar-refractivity contribution in [1.82, 2.24) is 0 Å². The van der Waals surface area contributed by atoms with E-state index >= 15 is 0 Å². The average Bonchev–Trinajstić information content (AvgIpc) is 3.93. The average molecular weight is 783 g/mol. The minimum Gasteiger partial charge on any atom is -0.0616 e. The Morgan fingerprint density at radius 1 is 0.226 bits per heavy atom. The van der Waals surface area contributed by atoms with Gasteiger partial charge in [0, 0.05) is 0 Å². The third-order valence-corrected chi connectivity index (χ3v) is 15.2. The second-order valence-corrected chi connectivity index (χ2v) is 18.5. The summed E-state index contributed by atoms with van der Waals surface area (Å²) < 4.78 is 0. The Balaban J connectivity index is 1.21. The first kappa shape index (κ1) is 33.2. The van der Waals surface area contributed by atoms with Crippen molar-refractivity contribution in [3.63, 3.8) is 0 Å². The van der Waals surface area contributed by atoms with Gasteiger partial charge in [-0.3, -0.25) is 0 Å². The van der Waals surface area contributed by atoms with Crippen LogP contribution in [0.2, 0.25) is 0 Å². The lowest BCUT2D eigenvalue weighted by Crippen LogP contribution is -1.94. The van der Waals surface area contributed by atoms with E-state index in [-0.39, 0.29) is 0 Å². The van der Waals surface area contributed by atoms with E-state index in [2.05, 4.69) is 185 Å². The lowest BCUT2D eigenvalue weighted by Gasteiger charge is -2.20. The van der Waals surface area contributed by atoms with E-state index < -0.39 is 0 Å². The van der Waals surface area contributed by atoms with Crippen molar-refractivity contribution in [2.45, 2.75) is 27.7 Å². The first-order chi connectivity index (χ1) is 30.4. The minimum atomic E-state index is 1.28. The third-order valence-electron chi connectivity index (χ3n) is 15.2. The molecule has 1 aliphatic rings. The summed E-state index contributed by atoms with van der Waals surface area (Å²) >= 11 is 0. The summed E-state index contributed by atoms with van der Waals surface area (Å²) in [5.74, 6) is 0. The molecule has 1 aliphatic carbocycles. The van der Waals surface area contributed by atoms with Gasteiger partial charge in [0.25, 0.3) is 0 Å². The summed E-state index contributed by atoms with van der Waals surface area (Å²) in [5, 5.41) is 27.0. The second-order valence-electron chi connectivity index (χ2n) is 18.5. The Morgan fingerprint density at radius 2 is 0.645 bits per heavy atom. The minimum absolute atomic E-state index is 1.28. The summed E-state index contributed by atoms with van der Waals surface area (Å²) in [6.07, 6.45) is 0. The van der Waals surface area contributed by atoms with Crippen molar-refractivity contribution in [2.24, 2.45) is 0 Å². The largest absolute Gasteiger partial charge is 0.0616 e. The summed E-state index contributed by atoms with van der Waals surface area (Å²) in [5.41, 5.74) is 15.9. The molecular formula is C62H38. The molecule has 0 amide bonds. The lowest BCUT2D eigenvalue weighted by molar-refractivity contribution is 1.40. The van der Waals surface area contributed by atoms with Crippen LogP contribution in [0.1, 0.15) is 22.3 Å². The van der Waals surface area contributed by atoms with Crippen LogP contribution in [0.4, 0.5) is 0 Å². The monoisotopic (exact) mass is 782 g/mol. The molecule has 0 fully saturated rings. The quantitative estimate of drug-likeness (QED) is 0.121. The van der Waals surface area contributed by atoms with Crippen LogP contribution in [0.3, 0.4) is 0 Å². The zero-order chi connectivity index (χ0) is 40.9. The van der Waals surface area contributed by atoms with E-state index in [1.165, 1.54) is 174 Å². The zero-order valence-electron chi connectivity index (χ0n) is 35.0. The Bertz CT molecular complexity index is 4080. The number of benzene rings is 12. The molecule has 15 rings (SSSR count). The van der Waals surface area contributed by atoms with Crippen molar-refractivity contribution in [3.8, 4) is 44.5 Å². The second kappa shape index (κ2) is 11.2. The molecule has 0 aromatic heterocycles. The smallest absolute Gasteiger partial charge is 0.000730 e. The highest BCUT2D eigenvalue weighted by Crippen LogP contribution is 2.57. The van der Waals surface area contributed by atoms with Crippen molar-refractivity contribution < 1.29 is 0 Å². The fraction of sp³-hybridized carbons (Fsp3) is 0.0645. The van der Waals surface area contributed by atoms with E-state index in [1.807, 2.05) is 0 Å². The normalized spacial score (nSPS) is 12.8. The molecule has 62 heavy (non-hydrogen) atoms. The van der Waals surface area contributed by atoms with Crippen LogP contribution in [-0.4, -0.2) is 0 Å². The third kappa shape index (κ3) is 3.87. The summed E-state index contributed by atoms with van der Waals surface area (Å²) in [7, 11) is 0. The van der Waals surface area contributed by atoms with E-state index in [4.69, 9.17) is 0 Å². The molecule has 0 unspecified atom stereocenters. The summed E-state index contributed by atoms with van der Waals surface area (Å²) in [4.78, 5) is 0. The molecule has 0 heteroatoms. The van der Waals surface area contributed by atoms with Gasteiger partial charge in [-0.25, -0.2) is 0 Å². The Morgan fingerprint density at radius 3 is 1.15 bits per heavy atom. The first-order valence-electron chi connectivity index (χ1n) is 22.1. The molecule has 0 saturated heterocycles. The van der Waals surface area contributed by atoms with Gasteiger partial charge in [-0.2, -0.15) is 0 Å². The maximum Gasteiger partial charge on any atom is -0.000730 e. The predicted molar refractivity (Wildman–Crippen MR) is 269 cm³/mol. The molecule has 0 spiro atoms. The van der Waals surface area contributed by atoms with Gasteiger partial charge in [-0.1, -0.05) is 157 Å². The number of hydrogen-bond donors (Lipinski definition) is 0. The summed E-state index contributed by atoms with van der Waals surface area (Å²) in [6.45, 7) is 9.10. The fourth-order valence-corrected chi connectivity index (χ4v) is 12.6. The van der Waals surface area contributed by atoms with Gasteiger partial charge in [0.1, 0.15) is 0 Å². The van der Waals surface area contributed by atoms with Crippen LogP contribution in [-0.2, 0) is 0 Å². The molecule has 0 atom stereocenters. The van der Waals surface area contributed by atoms with Crippen molar-refractivity contribution in [3.05, 3.63) is 180 Å². The predicted octanol–water partition coefficient (Wildman–Crippen LogP) is 17.7. The van der Waals surface area contributed by atoms with Crippen LogP contribution >= 0.6 is 0 Å². The van der Waals surface area contributed by atoms with Crippen LogP contribution in [0.15, 0.2) is 158 Å². The molecule has 0 aliphatic heterocycles. The van der Waals surface area contributed by atoms with Crippen molar-refractivity contribution in [1.29, 1.82) is 0 Å². The Hall–Kier alpha value is -7.54. The van der Waals surface area contributed by atoms with Gasteiger partial charge >= 0.3 is 0 Å². The molecule has 14 aromatic carbocycles. The van der Waals surface area contributed by atoms with Gasteiger partial charge in [-0.05, 0) is 203 Å². The van der Waals surface area contributed by atoms with Gasteiger partial charge < -0.3 is 0 Å². The molecule has 0 bridgehead atoms. The number of rotatable bonds is 2. The van der Waals surface area contributed by atoms with Crippen LogP contribution in [0, 0.1) is 27.7 Å². The van der Waals surface area contributed by atoms with Crippen LogP contribution < -0.4 is 0 Å². The Labute approximate surface area is 358 Å². The molecule has 286 valence electrons. The molecule has 0 heterocycles. The first-order valence-corrected chi connectivity index (χ1v) is 22.1. The van der Waals surface area contributed by atoms with Crippen LogP contribution in [0.25, 0.3) is 152 Å². The zero-order valence-corrected chi connectivity index (χ0v) is 35.0. The molecule has 0 N–H and O–H groups in total. The number of aryl methyl sites for hydroxylation is 4. The highest BCUT2D eigenvalue weighted by Gasteiger charge is 2.29. The standard InChI is InChI=1S/C62H38/c1-31-15-17-33(3)48(27-31)59-52-29-50-38-13-7-9-35-10-8-14-39(54(35)38)51(50)30-53(52)60(49-28-32(2)16-18-34(49)4)62-47-26-24-45-43-22-20-41-37-12-6-5-11-36(37)40-19-21-42(56(43)55(40)41)44-23-25-46(61(59)62)58(47)57(44)45/h5-30H,1-4H3. The fourth-order valence-electron chi connectivity index (χ4n) is 12.6. The van der Waals surface area contributed by atoms with Gasteiger partial charge in [0.2, 0.25) is 0 Å². The summed E-state index contributed by atoms with van der Waals surface area (Å²) in [6, 6.07) is 61.3. The van der Waals surface area contributed by atoms with Crippen molar-refractivity contribution in [2.75, 3.05) is 0 Å². The topological polar surface area (TPSA) is 0 Å². The number of hydrogen-bond acceptors (Lipinski definition) is 0. The van der Waals surface area contributed by atoms with E-state index in [0.29, 0.717) is 0 Å². The van der Waals surface area contributed by atoms with Crippen molar-refractivity contribution >= 4 is 108 Å². The molecular weight excluding hydrogens is 745 g/mol. The number of fused-ring (bicyclic) bond motifs is 12. The molecule has 0 saturated carbocycles. The van der Waals surface area contributed by atoms with Gasteiger partial charge in [0.05, 0.1) is 0 Å². The van der Waals surface area contributed by atoms with E-state index in [9.17, 15) is 0 Å². The van der Waals surface area contributed by atoms with E-state index in [0.717, 1.165) is 0 Å². The lowest BCUT2D eigenvalue weighted by atomic mass is 9.83. The van der Waals surface area contributed by atoms with Gasteiger partial charge in [0.15, 0.2) is 0 Å². The highest BCUT2D eigenvalue weighted by molar-refractivity contribution is 6.47. The van der Waals surface area contributed by atoms with Gasteiger partial charge in [-0.15, -0.1) is 0 Å². The highest BCUT2D eigenvalue weighted by atomic mass is 14.3. The Kier molecular flexibility index (Phi) is 6.02. The molecule has 0 radical (unpaired) electrons. The van der Waals surface area contributed by atoms with E-state index in [1.54, 1.807) is 0 Å². The molecule has 0 nitrogen and oxygen atoms in total.